The molecular formula is C25H17N5O6. The zero-order valence-electron chi connectivity index (χ0n) is 18.6. The van der Waals surface area contributed by atoms with E-state index in [1.54, 1.807) is 48.5 Å². The minimum atomic E-state index is -0.608. The number of nitrogens with one attached hydrogen (secondary N) is 1. The van der Waals surface area contributed by atoms with E-state index in [1.165, 1.54) is 24.3 Å². The predicted octanol–water partition coefficient (Wildman–Crippen LogP) is 3.83. The molecule has 0 aliphatic rings. The fourth-order valence-electron chi connectivity index (χ4n) is 3.63. The highest BCUT2D eigenvalue weighted by Crippen LogP contribution is 2.22. The van der Waals surface area contributed by atoms with Crippen molar-refractivity contribution >= 4 is 22.6 Å². The van der Waals surface area contributed by atoms with Crippen molar-refractivity contribution in [1.82, 2.24) is 20.2 Å². The number of aromatic amines is 1. The molecule has 11 nitrogen and oxygen atoms in total. The molecule has 2 heterocycles. The molecule has 0 fully saturated rings. The van der Waals surface area contributed by atoms with E-state index in [9.17, 15) is 19.7 Å². The van der Waals surface area contributed by atoms with Crippen LogP contribution in [0.4, 0.5) is 5.69 Å². The number of para-hydroxylation sites is 1. The van der Waals surface area contributed by atoms with Gasteiger partial charge in [-0.25, -0.2) is 9.78 Å². The first-order valence-corrected chi connectivity index (χ1v) is 10.8. The van der Waals surface area contributed by atoms with Crippen LogP contribution < -0.4 is 5.56 Å². The lowest BCUT2D eigenvalue weighted by molar-refractivity contribution is -0.384. The van der Waals surface area contributed by atoms with Gasteiger partial charge < -0.3 is 14.1 Å². The number of H-pyrrole nitrogens is 1. The molecule has 11 heteroatoms. The third kappa shape index (κ3) is 4.71. The van der Waals surface area contributed by atoms with Crippen LogP contribution in [0.1, 0.15) is 27.6 Å². The molecule has 0 bridgehead atoms. The Balaban J connectivity index is 1.29. The van der Waals surface area contributed by atoms with Crippen molar-refractivity contribution < 1.29 is 18.9 Å². The Morgan fingerprint density at radius 2 is 1.75 bits per heavy atom. The average Bonchev–Trinajstić information content (AvgIpc) is 3.37. The van der Waals surface area contributed by atoms with Crippen LogP contribution >= 0.6 is 0 Å². The number of carbonyl (C=O) groups excluding carboxylic acids is 1. The molecular weight excluding hydrogens is 466 g/mol. The maximum atomic E-state index is 12.8. The number of aromatic nitrogens is 4. The highest BCUT2D eigenvalue weighted by molar-refractivity contribution is 5.91. The monoisotopic (exact) mass is 483 g/mol. The van der Waals surface area contributed by atoms with E-state index in [4.69, 9.17) is 9.15 Å². The largest absolute Gasteiger partial charge is 0.452 e. The van der Waals surface area contributed by atoms with Crippen molar-refractivity contribution in [2.24, 2.45) is 0 Å². The Morgan fingerprint density at radius 3 is 2.56 bits per heavy atom. The lowest BCUT2D eigenvalue weighted by atomic mass is 10.0. The van der Waals surface area contributed by atoms with Crippen molar-refractivity contribution in [3.8, 4) is 11.5 Å². The fourth-order valence-corrected chi connectivity index (χ4v) is 3.63. The Labute approximate surface area is 202 Å². The molecule has 178 valence electrons. The molecule has 2 aromatic heterocycles. The Bertz CT molecular complexity index is 1640. The molecule has 0 aliphatic carbocycles. The van der Waals surface area contributed by atoms with Gasteiger partial charge in [-0.2, -0.15) is 0 Å². The molecule has 36 heavy (non-hydrogen) atoms. The number of carbonyl (C=O) groups is 1. The number of ether oxygens (including phenoxy) is 1. The summed E-state index contributed by atoms with van der Waals surface area (Å²) >= 11 is 0. The first-order chi connectivity index (χ1) is 17.5. The second-order valence-corrected chi connectivity index (χ2v) is 7.74. The summed E-state index contributed by atoms with van der Waals surface area (Å²) in [6.45, 7) is -0.266. The number of non-ortho nitro benzene ring substituents is 1. The van der Waals surface area contributed by atoms with Gasteiger partial charge in [0, 0.05) is 24.1 Å². The van der Waals surface area contributed by atoms with E-state index in [0.29, 0.717) is 33.4 Å². The number of hydrogen-bond donors (Lipinski definition) is 1. The van der Waals surface area contributed by atoms with Crippen molar-refractivity contribution in [2.75, 3.05) is 0 Å². The highest BCUT2D eigenvalue weighted by Gasteiger charge is 2.17. The number of nitrogens with zero attached hydrogens (tertiary/aromatic N) is 4. The van der Waals surface area contributed by atoms with Crippen LogP contribution in [0.15, 0.2) is 82.0 Å². The number of nitro groups is 1. The summed E-state index contributed by atoms with van der Waals surface area (Å²) in [4.78, 5) is 42.7. The number of esters is 1. The van der Waals surface area contributed by atoms with Gasteiger partial charge in [-0.3, -0.25) is 14.9 Å². The van der Waals surface area contributed by atoms with Gasteiger partial charge in [0.2, 0.25) is 5.89 Å². The fraction of sp³-hybridized carbons (Fsp3) is 0.0800. The van der Waals surface area contributed by atoms with Gasteiger partial charge in [0.1, 0.15) is 5.82 Å². The molecule has 0 radical (unpaired) electrons. The highest BCUT2D eigenvalue weighted by atomic mass is 16.6. The second kappa shape index (κ2) is 9.58. The summed E-state index contributed by atoms with van der Waals surface area (Å²) < 4.78 is 10.9. The zero-order valence-corrected chi connectivity index (χ0v) is 18.6. The van der Waals surface area contributed by atoms with Gasteiger partial charge in [-0.15, -0.1) is 10.2 Å². The Hall–Kier alpha value is -5.19. The van der Waals surface area contributed by atoms with Crippen molar-refractivity contribution in [3.05, 3.63) is 116 Å². The van der Waals surface area contributed by atoms with E-state index in [1.807, 2.05) is 0 Å². The van der Waals surface area contributed by atoms with Crippen LogP contribution in [-0.2, 0) is 17.8 Å². The molecule has 0 atom stereocenters. The number of nitro benzene ring substituents is 1. The molecule has 1 N–H and O–H groups in total. The Morgan fingerprint density at radius 1 is 1.00 bits per heavy atom. The molecule has 0 aliphatic heterocycles. The topological polar surface area (TPSA) is 154 Å². The quantitative estimate of drug-likeness (QED) is 0.207. The number of fused-ring (bicyclic) bond motifs is 1. The third-order valence-electron chi connectivity index (χ3n) is 5.38. The molecule has 0 unspecified atom stereocenters. The van der Waals surface area contributed by atoms with Crippen LogP contribution in [0.25, 0.3) is 22.4 Å². The van der Waals surface area contributed by atoms with Crippen LogP contribution in [-0.4, -0.2) is 31.1 Å². The van der Waals surface area contributed by atoms with Crippen LogP contribution in [0.5, 0.6) is 0 Å². The number of hydrogen-bond acceptors (Lipinski definition) is 9. The van der Waals surface area contributed by atoms with Gasteiger partial charge in [-0.05, 0) is 35.9 Å². The van der Waals surface area contributed by atoms with Gasteiger partial charge in [0.05, 0.1) is 21.4 Å². The summed E-state index contributed by atoms with van der Waals surface area (Å²) in [5.41, 5.74) is 1.68. The van der Waals surface area contributed by atoms with Crippen LogP contribution in [0.3, 0.4) is 0 Å². The standard InChI is InChI=1S/C25H17N5O6/c31-23-19-7-3-4-8-20(19)26-21(27-23)13-16-5-1-2-6-18(16)25(32)35-14-22-28-29-24(36-22)15-9-11-17(12-10-15)30(33)34/h1-12H,13-14H2,(H,26,27,31). The summed E-state index contributed by atoms with van der Waals surface area (Å²) in [6, 6.07) is 19.5. The van der Waals surface area contributed by atoms with Gasteiger partial charge >= 0.3 is 5.97 Å². The smallest absolute Gasteiger partial charge is 0.338 e. The summed E-state index contributed by atoms with van der Waals surface area (Å²) in [5, 5.41) is 19.1. The van der Waals surface area contributed by atoms with E-state index >= 15 is 0 Å². The molecule has 0 amide bonds. The molecule has 0 saturated heterocycles. The first-order valence-electron chi connectivity index (χ1n) is 10.8. The minimum absolute atomic E-state index is 0.0611. The normalized spacial score (nSPS) is 10.9. The van der Waals surface area contributed by atoms with Crippen LogP contribution in [0.2, 0.25) is 0 Å². The second-order valence-electron chi connectivity index (χ2n) is 7.74. The minimum Gasteiger partial charge on any atom is -0.452 e. The SMILES string of the molecule is O=C(OCc1nnc(-c2ccc([N+](=O)[O-])cc2)o1)c1ccccc1Cc1nc2ccccc2c(=O)[nH]1. The lowest BCUT2D eigenvalue weighted by Crippen LogP contribution is -2.14. The van der Waals surface area contributed by atoms with Crippen molar-refractivity contribution in [1.29, 1.82) is 0 Å². The number of benzene rings is 3. The summed E-state index contributed by atoms with van der Waals surface area (Å²) in [5.74, 6) is 0.0183. The van der Waals surface area contributed by atoms with E-state index in [2.05, 4.69) is 20.2 Å². The van der Waals surface area contributed by atoms with Crippen LogP contribution in [0, 0.1) is 10.1 Å². The van der Waals surface area contributed by atoms with Gasteiger partial charge in [0.25, 0.3) is 17.1 Å². The first kappa shape index (κ1) is 22.6. The lowest BCUT2D eigenvalue weighted by Gasteiger charge is -2.09. The Kier molecular flexibility index (Phi) is 6.02. The number of rotatable bonds is 7. The van der Waals surface area contributed by atoms with E-state index in [0.717, 1.165) is 0 Å². The summed E-state index contributed by atoms with van der Waals surface area (Å²) in [7, 11) is 0. The zero-order chi connectivity index (χ0) is 25.1. The molecule has 5 aromatic rings. The maximum Gasteiger partial charge on any atom is 0.338 e. The third-order valence-corrected chi connectivity index (χ3v) is 5.38. The average molecular weight is 483 g/mol. The van der Waals surface area contributed by atoms with Gasteiger partial charge in [-0.1, -0.05) is 30.3 Å². The molecule has 3 aromatic carbocycles. The molecule has 0 spiro atoms. The van der Waals surface area contributed by atoms with E-state index < -0.39 is 10.9 Å². The molecule has 0 saturated carbocycles. The van der Waals surface area contributed by atoms with Crippen molar-refractivity contribution in [3.63, 3.8) is 0 Å². The molecule has 5 rings (SSSR count). The van der Waals surface area contributed by atoms with E-state index in [-0.39, 0.29) is 36.1 Å². The predicted molar refractivity (Wildman–Crippen MR) is 127 cm³/mol. The summed E-state index contributed by atoms with van der Waals surface area (Å²) in [6.07, 6.45) is 0.218. The van der Waals surface area contributed by atoms with Gasteiger partial charge in [0.15, 0.2) is 6.61 Å². The maximum absolute atomic E-state index is 12.8. The van der Waals surface area contributed by atoms with Crippen molar-refractivity contribution in [2.45, 2.75) is 13.0 Å².